The number of carbonyl (C=O) groups is 1. The Bertz CT molecular complexity index is 510. The largest absolute Gasteiger partial charge is 0.465 e. The van der Waals surface area contributed by atoms with Gasteiger partial charge in [0, 0.05) is 17.0 Å². The number of hydrogen-bond acceptors (Lipinski definition) is 5. The Labute approximate surface area is 122 Å². The molecule has 0 aromatic heterocycles. The third-order valence-corrected chi connectivity index (χ3v) is 4.72. The molecule has 1 aliphatic carbocycles. The van der Waals surface area contributed by atoms with Gasteiger partial charge < -0.3 is 15.8 Å². The van der Waals surface area contributed by atoms with Gasteiger partial charge in [-0.25, -0.2) is 9.18 Å². The highest BCUT2D eigenvalue weighted by molar-refractivity contribution is 7.99. The van der Waals surface area contributed by atoms with Crippen molar-refractivity contribution in [2.45, 2.75) is 30.6 Å². The summed E-state index contributed by atoms with van der Waals surface area (Å²) in [5.74, 6) is -0.998. The predicted molar refractivity (Wildman–Crippen MR) is 80.7 cm³/mol. The van der Waals surface area contributed by atoms with Crippen LogP contribution < -0.4 is 11.1 Å². The molecule has 0 amide bonds. The number of anilines is 2. The zero-order valence-corrected chi connectivity index (χ0v) is 12.4. The first-order chi connectivity index (χ1) is 9.55. The van der Waals surface area contributed by atoms with Gasteiger partial charge in [0.2, 0.25) is 0 Å². The molecule has 110 valence electrons. The van der Waals surface area contributed by atoms with Crippen LogP contribution in [0.1, 0.15) is 29.6 Å². The fourth-order valence-corrected chi connectivity index (χ4v) is 3.29. The third kappa shape index (κ3) is 3.17. The lowest BCUT2D eigenvalue weighted by Gasteiger charge is -2.16. The summed E-state index contributed by atoms with van der Waals surface area (Å²) < 4.78 is 18.6. The minimum Gasteiger partial charge on any atom is -0.465 e. The van der Waals surface area contributed by atoms with Crippen molar-refractivity contribution in [1.29, 1.82) is 0 Å². The molecule has 20 heavy (non-hydrogen) atoms. The zero-order chi connectivity index (χ0) is 14.7. The van der Waals surface area contributed by atoms with E-state index in [9.17, 15) is 9.18 Å². The molecule has 4 nitrogen and oxygen atoms in total. The number of rotatable bonds is 4. The molecule has 0 heterocycles. The fourth-order valence-electron chi connectivity index (χ4n) is 2.49. The Hall–Kier alpha value is -1.43. The van der Waals surface area contributed by atoms with E-state index in [0.29, 0.717) is 10.9 Å². The van der Waals surface area contributed by atoms with E-state index >= 15 is 0 Å². The Morgan fingerprint density at radius 2 is 2.25 bits per heavy atom. The van der Waals surface area contributed by atoms with Gasteiger partial charge in [0.05, 0.1) is 18.4 Å². The van der Waals surface area contributed by atoms with Gasteiger partial charge in [-0.15, -0.1) is 0 Å². The van der Waals surface area contributed by atoms with Gasteiger partial charge >= 0.3 is 5.97 Å². The van der Waals surface area contributed by atoms with Gasteiger partial charge in [-0.05, 0) is 37.7 Å². The Kier molecular flexibility index (Phi) is 4.75. The molecule has 1 fully saturated rings. The van der Waals surface area contributed by atoms with Crippen LogP contribution in [0.25, 0.3) is 0 Å². The van der Waals surface area contributed by atoms with Crippen LogP contribution in [0.3, 0.4) is 0 Å². The van der Waals surface area contributed by atoms with Gasteiger partial charge in [0.25, 0.3) is 0 Å². The second-order valence-corrected chi connectivity index (χ2v) is 6.06. The number of hydrogen-bond donors (Lipinski definition) is 2. The Morgan fingerprint density at radius 3 is 2.85 bits per heavy atom. The smallest absolute Gasteiger partial charge is 0.340 e. The molecular formula is C14H19FN2O2S. The number of nitrogens with one attached hydrogen (secondary N) is 1. The predicted octanol–water partition coefficient (Wildman–Crippen LogP) is 2.89. The van der Waals surface area contributed by atoms with Gasteiger partial charge in [0.15, 0.2) is 0 Å². The minimum absolute atomic E-state index is 0.0910. The number of ether oxygens (including phenoxy) is 1. The second-order valence-electron chi connectivity index (χ2n) is 4.92. The lowest BCUT2D eigenvalue weighted by atomic mass is 10.1. The molecule has 0 spiro atoms. The number of nitrogens with two attached hydrogens (primary N) is 1. The summed E-state index contributed by atoms with van der Waals surface area (Å²) in [5.41, 5.74) is 6.24. The van der Waals surface area contributed by atoms with Crippen molar-refractivity contribution >= 4 is 29.1 Å². The average molecular weight is 298 g/mol. The van der Waals surface area contributed by atoms with E-state index in [0.717, 1.165) is 25.3 Å². The van der Waals surface area contributed by atoms with Crippen molar-refractivity contribution in [2.24, 2.45) is 0 Å². The maximum Gasteiger partial charge on any atom is 0.340 e. The van der Waals surface area contributed by atoms with Gasteiger partial charge in [0.1, 0.15) is 5.82 Å². The van der Waals surface area contributed by atoms with Crippen molar-refractivity contribution in [2.75, 3.05) is 24.4 Å². The topological polar surface area (TPSA) is 64.3 Å². The lowest BCUT2D eigenvalue weighted by Crippen LogP contribution is -2.18. The fraction of sp³-hybridized carbons (Fsp3) is 0.500. The number of carbonyl (C=O) groups excluding carboxylic acids is 1. The summed E-state index contributed by atoms with van der Waals surface area (Å²) in [6.07, 6.45) is 5.22. The molecule has 0 bridgehead atoms. The first-order valence-electron chi connectivity index (χ1n) is 6.51. The zero-order valence-electron chi connectivity index (χ0n) is 11.6. The number of esters is 1. The van der Waals surface area contributed by atoms with E-state index in [4.69, 9.17) is 5.73 Å². The van der Waals surface area contributed by atoms with Crippen LogP contribution >= 0.6 is 11.8 Å². The average Bonchev–Trinajstić information content (AvgIpc) is 2.88. The van der Waals surface area contributed by atoms with E-state index in [1.54, 1.807) is 0 Å². The Morgan fingerprint density at radius 1 is 1.50 bits per heavy atom. The van der Waals surface area contributed by atoms with E-state index in [1.165, 1.54) is 13.2 Å². The van der Waals surface area contributed by atoms with Crippen molar-refractivity contribution < 1.29 is 13.9 Å². The maximum absolute atomic E-state index is 13.9. The highest BCUT2D eigenvalue weighted by Crippen LogP contribution is 2.32. The van der Waals surface area contributed by atoms with Crippen molar-refractivity contribution in [3.8, 4) is 0 Å². The van der Waals surface area contributed by atoms with Crippen molar-refractivity contribution in [1.82, 2.24) is 0 Å². The minimum atomic E-state index is -0.557. The summed E-state index contributed by atoms with van der Waals surface area (Å²) in [6, 6.07) is 2.83. The first kappa shape index (κ1) is 15.0. The molecule has 2 unspecified atom stereocenters. The van der Waals surface area contributed by atoms with E-state index in [2.05, 4.69) is 16.3 Å². The normalized spacial score (nSPS) is 21.8. The second kappa shape index (κ2) is 6.35. The summed E-state index contributed by atoms with van der Waals surface area (Å²) in [4.78, 5) is 11.6. The molecule has 2 atom stereocenters. The number of methoxy groups -OCH3 is 1. The standard InChI is InChI=1S/C14H19FN2O2S/c1-19-14(18)10-6-13(11(15)7-12(10)16)17-8-3-4-9(5-8)20-2/h6-9,17H,3-5,16H2,1-2H3. The number of halogens is 1. The number of benzene rings is 1. The van der Waals surface area contributed by atoms with Crippen LogP contribution in [-0.4, -0.2) is 30.6 Å². The number of nitrogen functional groups attached to an aromatic ring is 1. The van der Waals surface area contributed by atoms with Crippen LogP contribution in [0.4, 0.5) is 15.8 Å². The molecule has 1 aromatic rings. The van der Waals surface area contributed by atoms with E-state index in [1.807, 2.05) is 11.8 Å². The molecule has 1 aliphatic rings. The van der Waals surface area contributed by atoms with Crippen molar-refractivity contribution in [3.63, 3.8) is 0 Å². The highest BCUT2D eigenvalue weighted by Gasteiger charge is 2.25. The van der Waals surface area contributed by atoms with Crippen LogP contribution in [-0.2, 0) is 4.74 Å². The van der Waals surface area contributed by atoms with Crippen molar-refractivity contribution in [3.05, 3.63) is 23.5 Å². The van der Waals surface area contributed by atoms with Gasteiger partial charge in [-0.3, -0.25) is 0 Å². The first-order valence-corrected chi connectivity index (χ1v) is 7.80. The SMILES string of the molecule is COC(=O)c1cc(NC2CCC(SC)C2)c(F)cc1N. The monoisotopic (exact) mass is 298 g/mol. The molecule has 3 N–H and O–H groups in total. The van der Waals surface area contributed by atoms with E-state index < -0.39 is 11.8 Å². The highest BCUT2D eigenvalue weighted by atomic mass is 32.2. The third-order valence-electron chi connectivity index (χ3n) is 3.62. The molecule has 2 rings (SSSR count). The van der Waals surface area contributed by atoms with Gasteiger partial charge in [-0.2, -0.15) is 11.8 Å². The summed E-state index contributed by atoms with van der Waals surface area (Å²) in [5, 5.41) is 3.78. The summed E-state index contributed by atoms with van der Waals surface area (Å²) >= 11 is 1.84. The Balaban J connectivity index is 2.17. The lowest BCUT2D eigenvalue weighted by molar-refractivity contribution is 0.0602. The molecular weight excluding hydrogens is 279 g/mol. The molecule has 6 heteroatoms. The van der Waals surface area contributed by atoms with Crippen LogP contribution in [0.15, 0.2) is 12.1 Å². The molecule has 1 saturated carbocycles. The van der Waals surface area contributed by atoms with Crippen LogP contribution in [0.2, 0.25) is 0 Å². The summed E-state index contributed by atoms with van der Waals surface area (Å²) in [7, 11) is 1.28. The molecule has 0 aliphatic heterocycles. The van der Waals surface area contributed by atoms with Gasteiger partial charge in [-0.1, -0.05) is 0 Å². The summed E-state index contributed by atoms with van der Waals surface area (Å²) in [6.45, 7) is 0. The molecule has 0 radical (unpaired) electrons. The van der Waals surface area contributed by atoms with Crippen LogP contribution in [0.5, 0.6) is 0 Å². The molecule has 1 aromatic carbocycles. The van der Waals surface area contributed by atoms with Crippen LogP contribution in [0, 0.1) is 5.82 Å². The number of thioether (sulfide) groups is 1. The van der Waals surface area contributed by atoms with E-state index in [-0.39, 0.29) is 17.3 Å². The quantitative estimate of drug-likeness (QED) is 0.661. The maximum atomic E-state index is 13.9. The molecule has 0 saturated heterocycles.